The zero-order chi connectivity index (χ0) is 13.1. The van der Waals surface area contributed by atoms with Gasteiger partial charge in [-0.3, -0.25) is 4.79 Å². The summed E-state index contributed by atoms with van der Waals surface area (Å²) in [4.78, 5) is 15.6. The average Bonchev–Trinajstić information content (AvgIpc) is 2.19. The molecule has 0 aromatic heterocycles. The summed E-state index contributed by atoms with van der Waals surface area (Å²) in [5.74, 6) is -0.00246. The monoisotopic (exact) mass is 242 g/mol. The van der Waals surface area contributed by atoms with Crippen molar-refractivity contribution in [1.82, 2.24) is 9.80 Å². The van der Waals surface area contributed by atoms with E-state index in [2.05, 4.69) is 23.6 Å². The number of aliphatic carboxylic acids is 1. The first-order valence-corrected chi connectivity index (χ1v) is 6.47. The van der Waals surface area contributed by atoms with Crippen LogP contribution in [0.2, 0.25) is 0 Å². The van der Waals surface area contributed by atoms with Gasteiger partial charge in [0.2, 0.25) is 0 Å². The number of rotatable bonds is 5. The zero-order valence-electron chi connectivity index (χ0n) is 11.6. The van der Waals surface area contributed by atoms with Gasteiger partial charge in [-0.25, -0.2) is 0 Å². The largest absolute Gasteiger partial charge is 0.481 e. The molecule has 100 valence electrons. The molecule has 0 saturated carbocycles. The summed E-state index contributed by atoms with van der Waals surface area (Å²) in [7, 11) is 4.00. The molecule has 0 aliphatic carbocycles. The molecule has 1 fully saturated rings. The van der Waals surface area contributed by atoms with Gasteiger partial charge >= 0.3 is 5.97 Å². The van der Waals surface area contributed by atoms with E-state index in [9.17, 15) is 4.79 Å². The first-order chi connectivity index (χ1) is 7.85. The highest BCUT2D eigenvalue weighted by Crippen LogP contribution is 2.30. The lowest BCUT2D eigenvalue weighted by atomic mass is 9.83. The maximum atomic E-state index is 11.0. The van der Waals surface area contributed by atoms with Gasteiger partial charge in [0.1, 0.15) is 0 Å². The van der Waals surface area contributed by atoms with Crippen molar-refractivity contribution < 1.29 is 9.90 Å². The number of carboxylic acids is 1. The van der Waals surface area contributed by atoms with Gasteiger partial charge in [0.15, 0.2) is 0 Å². The number of hydrogen-bond donors (Lipinski definition) is 1. The molecule has 0 aromatic rings. The fourth-order valence-corrected chi connectivity index (χ4v) is 2.73. The standard InChI is InChI=1S/C13H26N2O2/c1-11(2)10-15-7-5-13(6-8-15,14(3)4)9-12(16)17/h11H,5-10H2,1-4H3,(H,16,17). The van der Waals surface area contributed by atoms with Gasteiger partial charge in [-0.15, -0.1) is 0 Å². The van der Waals surface area contributed by atoms with Crippen LogP contribution in [-0.2, 0) is 4.79 Å². The molecule has 0 spiro atoms. The molecule has 1 heterocycles. The molecule has 4 nitrogen and oxygen atoms in total. The lowest BCUT2D eigenvalue weighted by Crippen LogP contribution is -2.54. The van der Waals surface area contributed by atoms with Gasteiger partial charge in [-0.1, -0.05) is 13.8 Å². The van der Waals surface area contributed by atoms with E-state index in [4.69, 9.17) is 5.11 Å². The number of carboxylic acid groups (broad SMARTS) is 1. The van der Waals surface area contributed by atoms with Crippen molar-refractivity contribution in [3.63, 3.8) is 0 Å². The molecule has 1 N–H and O–H groups in total. The van der Waals surface area contributed by atoms with E-state index in [0.717, 1.165) is 32.5 Å². The smallest absolute Gasteiger partial charge is 0.305 e. The molecule has 0 unspecified atom stereocenters. The molecule has 0 amide bonds. The normalized spacial score (nSPS) is 21.1. The van der Waals surface area contributed by atoms with Crippen LogP contribution >= 0.6 is 0 Å². The van der Waals surface area contributed by atoms with Crippen molar-refractivity contribution in [3.05, 3.63) is 0 Å². The number of hydrogen-bond acceptors (Lipinski definition) is 3. The van der Waals surface area contributed by atoms with E-state index in [-0.39, 0.29) is 12.0 Å². The topological polar surface area (TPSA) is 43.8 Å². The lowest BCUT2D eigenvalue weighted by Gasteiger charge is -2.45. The second-order valence-electron chi connectivity index (χ2n) is 5.88. The van der Waals surface area contributed by atoms with Gasteiger partial charge in [-0.2, -0.15) is 0 Å². The second-order valence-corrected chi connectivity index (χ2v) is 5.88. The van der Waals surface area contributed by atoms with E-state index >= 15 is 0 Å². The summed E-state index contributed by atoms with van der Waals surface area (Å²) in [6.07, 6.45) is 2.17. The molecule has 0 radical (unpaired) electrons. The van der Waals surface area contributed by atoms with Crippen molar-refractivity contribution in [2.75, 3.05) is 33.7 Å². The van der Waals surface area contributed by atoms with Crippen LogP contribution in [0.3, 0.4) is 0 Å². The summed E-state index contributed by atoms with van der Waals surface area (Å²) < 4.78 is 0. The Kier molecular flexibility index (Phi) is 4.95. The first-order valence-electron chi connectivity index (χ1n) is 6.47. The fraction of sp³-hybridized carbons (Fsp3) is 0.923. The molecule has 0 atom stereocenters. The minimum atomic E-state index is -0.684. The van der Waals surface area contributed by atoms with Crippen molar-refractivity contribution in [3.8, 4) is 0 Å². The Labute approximate surface area is 105 Å². The number of piperidine rings is 1. The van der Waals surface area contributed by atoms with Crippen molar-refractivity contribution >= 4 is 5.97 Å². The van der Waals surface area contributed by atoms with Crippen LogP contribution in [0, 0.1) is 5.92 Å². The molecule has 1 aliphatic rings. The highest BCUT2D eigenvalue weighted by Gasteiger charge is 2.38. The van der Waals surface area contributed by atoms with E-state index in [1.807, 2.05) is 14.1 Å². The third kappa shape index (κ3) is 3.96. The molecule has 1 aliphatic heterocycles. The molecule has 0 bridgehead atoms. The minimum absolute atomic E-state index is 0.140. The average molecular weight is 242 g/mol. The number of likely N-dealkylation sites (tertiary alicyclic amines) is 1. The van der Waals surface area contributed by atoms with Crippen LogP contribution in [0.25, 0.3) is 0 Å². The van der Waals surface area contributed by atoms with Crippen molar-refractivity contribution in [1.29, 1.82) is 0 Å². The number of nitrogens with zero attached hydrogens (tertiary/aromatic N) is 2. The third-order valence-corrected chi connectivity index (χ3v) is 3.84. The second kappa shape index (κ2) is 5.83. The third-order valence-electron chi connectivity index (χ3n) is 3.84. The van der Waals surface area contributed by atoms with E-state index in [1.54, 1.807) is 0 Å². The number of carbonyl (C=O) groups is 1. The van der Waals surface area contributed by atoms with Crippen LogP contribution in [0.4, 0.5) is 0 Å². The Morgan fingerprint density at radius 3 is 2.24 bits per heavy atom. The van der Waals surface area contributed by atoms with Gasteiger partial charge < -0.3 is 14.9 Å². The molecule has 1 saturated heterocycles. The summed E-state index contributed by atoms with van der Waals surface area (Å²) in [5, 5.41) is 9.05. The Bertz CT molecular complexity index is 256. The Morgan fingerprint density at radius 2 is 1.88 bits per heavy atom. The van der Waals surface area contributed by atoms with Gasteiger partial charge in [0.25, 0.3) is 0 Å². The lowest BCUT2D eigenvalue weighted by molar-refractivity contribution is -0.141. The van der Waals surface area contributed by atoms with E-state index in [0.29, 0.717) is 5.92 Å². The summed E-state index contributed by atoms with van der Waals surface area (Å²) in [6, 6.07) is 0. The van der Waals surface area contributed by atoms with Gasteiger partial charge in [0.05, 0.1) is 6.42 Å². The van der Waals surface area contributed by atoms with Crippen LogP contribution in [0.15, 0.2) is 0 Å². The summed E-state index contributed by atoms with van der Waals surface area (Å²) in [6.45, 7) is 7.61. The first kappa shape index (κ1) is 14.5. The van der Waals surface area contributed by atoms with Crippen LogP contribution in [0.1, 0.15) is 33.1 Å². The van der Waals surface area contributed by atoms with Gasteiger partial charge in [-0.05, 0) is 45.9 Å². The quantitative estimate of drug-likeness (QED) is 0.794. The minimum Gasteiger partial charge on any atom is -0.481 e. The van der Waals surface area contributed by atoms with Crippen LogP contribution in [-0.4, -0.2) is 60.1 Å². The predicted octanol–water partition coefficient (Wildman–Crippen LogP) is 1.51. The van der Waals surface area contributed by atoms with E-state index in [1.165, 1.54) is 0 Å². The summed E-state index contributed by atoms with van der Waals surface area (Å²) in [5.41, 5.74) is -0.140. The Morgan fingerprint density at radius 1 is 1.35 bits per heavy atom. The van der Waals surface area contributed by atoms with E-state index < -0.39 is 5.97 Å². The van der Waals surface area contributed by atoms with Crippen LogP contribution < -0.4 is 0 Å². The highest BCUT2D eigenvalue weighted by molar-refractivity contribution is 5.68. The fourth-order valence-electron chi connectivity index (χ4n) is 2.73. The van der Waals surface area contributed by atoms with Crippen LogP contribution in [0.5, 0.6) is 0 Å². The molecular weight excluding hydrogens is 216 g/mol. The maximum absolute atomic E-state index is 11.0. The maximum Gasteiger partial charge on any atom is 0.305 e. The SMILES string of the molecule is CC(C)CN1CCC(CC(=O)O)(N(C)C)CC1. The van der Waals surface area contributed by atoms with Crippen molar-refractivity contribution in [2.24, 2.45) is 5.92 Å². The zero-order valence-corrected chi connectivity index (χ0v) is 11.6. The molecule has 4 heteroatoms. The molecule has 1 rings (SSSR count). The van der Waals surface area contributed by atoms with Crippen molar-refractivity contribution in [2.45, 2.75) is 38.6 Å². The Hall–Kier alpha value is -0.610. The van der Waals surface area contributed by atoms with Gasteiger partial charge in [0, 0.05) is 12.1 Å². The highest BCUT2D eigenvalue weighted by atomic mass is 16.4. The predicted molar refractivity (Wildman–Crippen MR) is 69.2 cm³/mol. The molecule has 17 heavy (non-hydrogen) atoms. The molecular formula is C13H26N2O2. The summed E-state index contributed by atoms with van der Waals surface area (Å²) >= 11 is 0. The Balaban J connectivity index is 2.58. The molecule has 0 aromatic carbocycles.